The van der Waals surface area contributed by atoms with Crippen LogP contribution in [-0.2, 0) is 19.1 Å². The highest BCUT2D eigenvalue weighted by Crippen LogP contribution is 2.38. The van der Waals surface area contributed by atoms with Gasteiger partial charge in [0.1, 0.15) is 10.6 Å². The zero-order valence-electron chi connectivity index (χ0n) is 12.1. The second-order valence-corrected chi connectivity index (χ2v) is 6.49. The topological polar surface area (TPSA) is 72.8 Å². The summed E-state index contributed by atoms with van der Waals surface area (Å²) in [5, 5.41) is 10.1. The van der Waals surface area contributed by atoms with Crippen molar-refractivity contribution in [2.24, 2.45) is 0 Å². The third kappa shape index (κ3) is 3.99. The molecule has 0 saturated heterocycles. The molecule has 0 aromatic heterocycles. The average Bonchev–Trinajstić information content (AvgIpc) is 2.62. The van der Waals surface area contributed by atoms with Crippen molar-refractivity contribution in [3.63, 3.8) is 0 Å². The fourth-order valence-electron chi connectivity index (χ4n) is 1.76. The van der Waals surface area contributed by atoms with E-state index in [0.717, 1.165) is 0 Å². The van der Waals surface area contributed by atoms with Crippen LogP contribution in [0.5, 0.6) is 0 Å². The van der Waals surface area contributed by atoms with E-state index in [0.29, 0.717) is 6.42 Å². The van der Waals surface area contributed by atoms with Crippen LogP contribution in [0, 0.1) is 0 Å². The molecule has 0 spiro atoms. The number of allylic oxidation sites excluding steroid dienone is 1. The summed E-state index contributed by atoms with van der Waals surface area (Å²) in [5.74, 6) is -1.81. The predicted molar refractivity (Wildman–Crippen MR) is 78.8 cm³/mol. The molecule has 5 nitrogen and oxygen atoms in total. The minimum Gasteiger partial charge on any atom is -0.458 e. The first-order valence-corrected chi connectivity index (χ1v) is 7.11. The molecule has 0 aliphatic carbocycles. The standard InChI is InChI=1S/C14H18Cl2O5/c1-5-6-7-14(19,12(18)21-13(2,3)4)10-8(15)9(16)11(17)20-10/h5,10,19H,1,6-7H2,2-4H3/t10-,14+/m1/s1. The third-order valence-electron chi connectivity index (χ3n) is 2.76. The SMILES string of the molecule is C=CCC[C@@](O)(C(=O)OC(C)(C)C)[C@@H]1OC(=O)C(Cl)=C1Cl. The maximum atomic E-state index is 12.3. The van der Waals surface area contributed by atoms with Crippen molar-refractivity contribution in [2.75, 3.05) is 0 Å². The zero-order valence-corrected chi connectivity index (χ0v) is 13.6. The Morgan fingerprint density at radius 1 is 1.48 bits per heavy atom. The van der Waals surface area contributed by atoms with E-state index in [1.54, 1.807) is 20.8 Å². The van der Waals surface area contributed by atoms with Crippen LogP contribution < -0.4 is 0 Å². The van der Waals surface area contributed by atoms with Crippen LogP contribution >= 0.6 is 23.2 Å². The lowest BCUT2D eigenvalue weighted by atomic mass is 9.90. The number of carbonyl (C=O) groups excluding carboxylic acids is 2. The molecule has 0 fully saturated rings. The van der Waals surface area contributed by atoms with Gasteiger partial charge in [-0.25, -0.2) is 9.59 Å². The normalized spacial score (nSPS) is 21.8. The molecule has 1 aliphatic rings. The van der Waals surface area contributed by atoms with Crippen molar-refractivity contribution in [3.8, 4) is 0 Å². The lowest BCUT2D eigenvalue weighted by Crippen LogP contribution is -2.52. The van der Waals surface area contributed by atoms with E-state index in [1.165, 1.54) is 6.08 Å². The first-order chi connectivity index (χ1) is 9.53. The zero-order chi connectivity index (χ0) is 16.4. The van der Waals surface area contributed by atoms with Crippen molar-refractivity contribution in [1.82, 2.24) is 0 Å². The lowest BCUT2D eigenvalue weighted by molar-refractivity contribution is -0.190. The second-order valence-electron chi connectivity index (χ2n) is 5.70. The van der Waals surface area contributed by atoms with Gasteiger partial charge in [0.25, 0.3) is 0 Å². The maximum Gasteiger partial charge on any atom is 0.351 e. The summed E-state index contributed by atoms with van der Waals surface area (Å²) in [7, 11) is 0. The lowest BCUT2D eigenvalue weighted by Gasteiger charge is -2.33. The summed E-state index contributed by atoms with van der Waals surface area (Å²) in [5.41, 5.74) is -2.94. The summed E-state index contributed by atoms with van der Waals surface area (Å²) < 4.78 is 10.1. The van der Waals surface area contributed by atoms with Crippen LogP contribution in [0.4, 0.5) is 0 Å². The van der Waals surface area contributed by atoms with Crippen molar-refractivity contribution in [2.45, 2.75) is 50.9 Å². The molecule has 21 heavy (non-hydrogen) atoms. The highest BCUT2D eigenvalue weighted by atomic mass is 35.5. The van der Waals surface area contributed by atoms with Gasteiger partial charge in [0.05, 0.1) is 5.03 Å². The van der Waals surface area contributed by atoms with Gasteiger partial charge < -0.3 is 14.6 Å². The molecule has 1 rings (SSSR count). The number of rotatable bonds is 5. The fraction of sp³-hybridized carbons (Fsp3) is 0.571. The number of esters is 2. The minimum atomic E-state index is -2.12. The van der Waals surface area contributed by atoms with Crippen molar-refractivity contribution >= 4 is 35.1 Å². The first-order valence-electron chi connectivity index (χ1n) is 6.36. The third-order valence-corrected chi connectivity index (χ3v) is 3.60. The maximum absolute atomic E-state index is 12.3. The molecule has 118 valence electrons. The molecular formula is C14H18Cl2O5. The Hall–Kier alpha value is -1.04. The number of cyclic esters (lactones) is 1. The number of carbonyl (C=O) groups is 2. The summed E-state index contributed by atoms with van der Waals surface area (Å²) in [4.78, 5) is 23.8. The number of hydrogen-bond acceptors (Lipinski definition) is 5. The summed E-state index contributed by atoms with van der Waals surface area (Å²) in [6.07, 6.45) is 0.370. The van der Waals surface area contributed by atoms with Crippen molar-refractivity contribution < 1.29 is 24.2 Å². The summed E-state index contributed by atoms with van der Waals surface area (Å²) in [6, 6.07) is 0. The number of ether oxygens (including phenoxy) is 2. The summed E-state index contributed by atoms with van der Waals surface area (Å²) >= 11 is 11.6. The molecule has 0 bridgehead atoms. The van der Waals surface area contributed by atoms with Crippen molar-refractivity contribution in [3.05, 3.63) is 22.7 Å². The van der Waals surface area contributed by atoms with Gasteiger partial charge in [-0.15, -0.1) is 6.58 Å². The monoisotopic (exact) mass is 336 g/mol. The summed E-state index contributed by atoms with van der Waals surface area (Å²) in [6.45, 7) is 8.50. The molecule has 1 aliphatic heterocycles. The molecule has 0 radical (unpaired) electrons. The van der Waals surface area contributed by atoms with Gasteiger partial charge in [0.15, 0.2) is 6.10 Å². The van der Waals surface area contributed by atoms with Gasteiger partial charge in [0.2, 0.25) is 5.60 Å². The number of aliphatic hydroxyl groups is 1. The van der Waals surface area contributed by atoms with Gasteiger partial charge in [0, 0.05) is 0 Å². The molecule has 0 saturated carbocycles. The Kier molecular flexibility index (Phi) is 5.47. The molecule has 1 N–H and O–H groups in total. The Morgan fingerprint density at radius 3 is 2.43 bits per heavy atom. The van der Waals surface area contributed by atoms with Gasteiger partial charge in [-0.3, -0.25) is 0 Å². The molecule has 2 atom stereocenters. The Labute approximate surface area is 133 Å². The average molecular weight is 337 g/mol. The predicted octanol–water partition coefficient (Wildman–Crippen LogP) is 2.64. The largest absolute Gasteiger partial charge is 0.458 e. The van der Waals surface area contributed by atoms with E-state index in [2.05, 4.69) is 6.58 Å². The van der Waals surface area contributed by atoms with Gasteiger partial charge in [-0.2, -0.15) is 0 Å². The van der Waals surface area contributed by atoms with Gasteiger partial charge >= 0.3 is 11.9 Å². The van der Waals surface area contributed by atoms with Crippen LogP contribution in [0.2, 0.25) is 0 Å². The molecule has 1 heterocycles. The molecular weight excluding hydrogens is 319 g/mol. The van der Waals surface area contributed by atoms with E-state index < -0.39 is 29.2 Å². The number of hydrogen-bond donors (Lipinski definition) is 1. The number of halogens is 2. The van der Waals surface area contributed by atoms with E-state index in [1.807, 2.05) is 0 Å². The van der Waals surface area contributed by atoms with E-state index in [-0.39, 0.29) is 16.5 Å². The van der Waals surface area contributed by atoms with Crippen LogP contribution in [0.1, 0.15) is 33.6 Å². The molecule has 0 amide bonds. The smallest absolute Gasteiger partial charge is 0.351 e. The van der Waals surface area contributed by atoms with Gasteiger partial charge in [-0.05, 0) is 33.6 Å². The Balaban J connectivity index is 3.13. The van der Waals surface area contributed by atoms with E-state index >= 15 is 0 Å². The molecule has 0 aromatic carbocycles. The van der Waals surface area contributed by atoms with E-state index in [9.17, 15) is 14.7 Å². The minimum absolute atomic E-state index is 0.0657. The quantitative estimate of drug-likeness (QED) is 0.617. The molecule has 7 heteroatoms. The Bertz CT molecular complexity index is 492. The van der Waals surface area contributed by atoms with Crippen LogP contribution in [0.3, 0.4) is 0 Å². The van der Waals surface area contributed by atoms with Crippen molar-refractivity contribution in [1.29, 1.82) is 0 Å². The van der Waals surface area contributed by atoms with E-state index in [4.69, 9.17) is 32.7 Å². The molecule has 0 aromatic rings. The van der Waals surface area contributed by atoms with Crippen LogP contribution in [-0.4, -0.2) is 34.4 Å². The highest BCUT2D eigenvalue weighted by Gasteiger charge is 2.53. The first kappa shape index (κ1) is 18.0. The van der Waals surface area contributed by atoms with Crippen LogP contribution in [0.15, 0.2) is 22.7 Å². The Morgan fingerprint density at radius 2 is 2.05 bits per heavy atom. The fourth-order valence-corrected chi connectivity index (χ4v) is 2.20. The molecule has 0 unspecified atom stereocenters. The van der Waals surface area contributed by atoms with Gasteiger partial charge in [-0.1, -0.05) is 29.3 Å². The second kappa shape index (κ2) is 6.38. The highest BCUT2D eigenvalue weighted by molar-refractivity contribution is 6.48. The van der Waals surface area contributed by atoms with Crippen LogP contribution in [0.25, 0.3) is 0 Å².